The molecule has 0 radical (unpaired) electrons. The number of rotatable bonds is 8. The maximum absolute atomic E-state index is 12.4. The highest BCUT2D eigenvalue weighted by molar-refractivity contribution is 6.37. The molecule has 0 fully saturated rings. The highest BCUT2D eigenvalue weighted by Gasteiger charge is 2.39. The molecule has 110 valence electrons. The largest absolute Gasteiger partial charge is 0.389 e. The van der Waals surface area contributed by atoms with Crippen molar-refractivity contribution in [2.24, 2.45) is 11.8 Å². The zero-order valence-corrected chi connectivity index (χ0v) is 11.2. The van der Waals surface area contributed by atoms with E-state index in [0.29, 0.717) is 12.8 Å². The number of halogens is 3. The van der Waals surface area contributed by atoms with Crippen LogP contribution < -0.4 is 5.32 Å². The van der Waals surface area contributed by atoms with Crippen molar-refractivity contribution >= 4 is 11.7 Å². The lowest BCUT2D eigenvalue weighted by molar-refractivity contribution is -0.160. The van der Waals surface area contributed by atoms with Crippen molar-refractivity contribution in [3.05, 3.63) is 12.7 Å². The van der Waals surface area contributed by atoms with Crippen LogP contribution in [0.5, 0.6) is 0 Å². The summed E-state index contributed by atoms with van der Waals surface area (Å²) in [6.45, 7) is 6.88. The average molecular weight is 279 g/mol. The summed E-state index contributed by atoms with van der Waals surface area (Å²) < 4.78 is 37.3. The molecule has 0 aliphatic rings. The molecular weight excluding hydrogens is 259 g/mol. The number of Topliss-reactive ketones (excluding diaryl/α,β-unsaturated/α-hetero) is 1. The molecule has 0 saturated carbocycles. The van der Waals surface area contributed by atoms with Crippen LogP contribution in [0.3, 0.4) is 0 Å². The molecule has 1 N–H and O–H groups in total. The van der Waals surface area contributed by atoms with E-state index in [0.717, 1.165) is 0 Å². The van der Waals surface area contributed by atoms with Crippen LogP contribution in [-0.4, -0.2) is 24.4 Å². The second-order valence-electron chi connectivity index (χ2n) is 4.51. The SMILES string of the molecule is C=CCCNC(=O)C(=O)C(CC(F)(F)F)C(C)CC. The monoisotopic (exact) mass is 279 g/mol. The zero-order chi connectivity index (χ0) is 15.1. The van der Waals surface area contributed by atoms with Crippen LogP contribution >= 0.6 is 0 Å². The van der Waals surface area contributed by atoms with Crippen molar-refractivity contribution in [2.75, 3.05) is 6.54 Å². The average Bonchev–Trinajstić information content (AvgIpc) is 2.33. The number of nitrogens with one attached hydrogen (secondary N) is 1. The Morgan fingerprint density at radius 1 is 1.37 bits per heavy atom. The molecule has 3 nitrogen and oxygen atoms in total. The summed E-state index contributed by atoms with van der Waals surface area (Å²) in [5, 5.41) is 2.30. The molecule has 0 aliphatic heterocycles. The van der Waals surface area contributed by atoms with E-state index in [2.05, 4.69) is 11.9 Å². The number of hydrogen-bond acceptors (Lipinski definition) is 2. The molecule has 0 spiro atoms. The first-order valence-electron chi connectivity index (χ1n) is 6.22. The summed E-state index contributed by atoms with van der Waals surface area (Å²) in [6, 6.07) is 0. The molecule has 0 aromatic carbocycles. The van der Waals surface area contributed by atoms with E-state index in [1.165, 1.54) is 0 Å². The van der Waals surface area contributed by atoms with Gasteiger partial charge in [0.15, 0.2) is 0 Å². The molecular formula is C13H20F3NO2. The zero-order valence-electron chi connectivity index (χ0n) is 11.2. The van der Waals surface area contributed by atoms with Crippen molar-refractivity contribution in [1.29, 1.82) is 0 Å². The molecule has 0 heterocycles. The fourth-order valence-corrected chi connectivity index (χ4v) is 1.63. The summed E-state index contributed by atoms with van der Waals surface area (Å²) in [4.78, 5) is 23.3. The molecule has 19 heavy (non-hydrogen) atoms. The van der Waals surface area contributed by atoms with Gasteiger partial charge in [-0.15, -0.1) is 6.58 Å². The minimum Gasteiger partial charge on any atom is -0.349 e. The summed E-state index contributed by atoms with van der Waals surface area (Å²) in [7, 11) is 0. The van der Waals surface area contributed by atoms with Crippen LogP contribution in [0.4, 0.5) is 13.2 Å². The standard InChI is InChI=1S/C13H20F3NO2/c1-4-6-7-17-12(19)11(18)10(9(3)5-2)8-13(14,15)16/h4,9-10H,1,5-8H2,2-3H3,(H,17,19). The maximum Gasteiger partial charge on any atom is 0.389 e. The lowest BCUT2D eigenvalue weighted by atomic mass is 9.85. The second-order valence-corrected chi connectivity index (χ2v) is 4.51. The van der Waals surface area contributed by atoms with E-state index in [4.69, 9.17) is 0 Å². The Bertz CT molecular complexity index is 326. The molecule has 2 atom stereocenters. The van der Waals surface area contributed by atoms with Crippen molar-refractivity contribution in [3.63, 3.8) is 0 Å². The van der Waals surface area contributed by atoms with E-state index < -0.39 is 36.1 Å². The van der Waals surface area contributed by atoms with Gasteiger partial charge in [-0.2, -0.15) is 13.2 Å². The van der Waals surface area contributed by atoms with Crippen molar-refractivity contribution < 1.29 is 22.8 Å². The van der Waals surface area contributed by atoms with Gasteiger partial charge in [-0.3, -0.25) is 9.59 Å². The van der Waals surface area contributed by atoms with Crippen LogP contribution in [0.2, 0.25) is 0 Å². The van der Waals surface area contributed by atoms with Crippen molar-refractivity contribution in [1.82, 2.24) is 5.32 Å². The molecule has 1 amide bonds. The Morgan fingerprint density at radius 2 is 1.95 bits per heavy atom. The van der Waals surface area contributed by atoms with Crippen LogP contribution in [0.1, 0.15) is 33.1 Å². The van der Waals surface area contributed by atoms with Crippen molar-refractivity contribution in [3.8, 4) is 0 Å². The predicted octanol–water partition coefficient (Wildman–Crippen LogP) is 2.86. The highest BCUT2D eigenvalue weighted by atomic mass is 19.4. The topological polar surface area (TPSA) is 46.2 Å². The van der Waals surface area contributed by atoms with E-state index in [1.54, 1.807) is 19.9 Å². The Hall–Kier alpha value is -1.33. The van der Waals surface area contributed by atoms with Gasteiger partial charge in [-0.25, -0.2) is 0 Å². The van der Waals surface area contributed by atoms with E-state index >= 15 is 0 Å². The third-order valence-electron chi connectivity index (χ3n) is 2.98. The van der Waals surface area contributed by atoms with Crippen LogP contribution in [0, 0.1) is 11.8 Å². The first kappa shape index (κ1) is 17.7. The van der Waals surface area contributed by atoms with E-state index in [-0.39, 0.29) is 6.54 Å². The number of carbonyl (C=O) groups is 2. The van der Waals surface area contributed by atoms with Gasteiger partial charge in [0.1, 0.15) is 0 Å². The number of carbonyl (C=O) groups excluding carboxylic acids is 2. The first-order valence-corrected chi connectivity index (χ1v) is 6.22. The molecule has 6 heteroatoms. The molecule has 0 aromatic rings. The van der Waals surface area contributed by atoms with Gasteiger partial charge in [-0.05, 0) is 12.3 Å². The van der Waals surface area contributed by atoms with E-state index in [1.807, 2.05) is 0 Å². The normalized spacial score (nSPS) is 14.6. The van der Waals surface area contributed by atoms with Gasteiger partial charge >= 0.3 is 6.18 Å². The summed E-state index contributed by atoms with van der Waals surface area (Å²) in [5.41, 5.74) is 0. The second kappa shape index (κ2) is 7.96. The molecule has 2 unspecified atom stereocenters. The van der Waals surface area contributed by atoms with Crippen LogP contribution in [0.25, 0.3) is 0 Å². The third kappa shape index (κ3) is 6.98. The van der Waals surface area contributed by atoms with Gasteiger partial charge in [0.05, 0.1) is 6.42 Å². The number of ketones is 1. The minimum atomic E-state index is -4.45. The summed E-state index contributed by atoms with van der Waals surface area (Å²) >= 11 is 0. The van der Waals surface area contributed by atoms with Gasteiger partial charge < -0.3 is 5.32 Å². The highest BCUT2D eigenvalue weighted by Crippen LogP contribution is 2.31. The molecule has 0 rings (SSSR count). The van der Waals surface area contributed by atoms with Crippen molar-refractivity contribution in [2.45, 2.75) is 39.3 Å². The Labute approximate surface area is 111 Å². The minimum absolute atomic E-state index is 0.202. The lowest BCUT2D eigenvalue weighted by Crippen LogP contribution is -2.39. The number of alkyl halides is 3. The van der Waals surface area contributed by atoms with Gasteiger partial charge in [0, 0.05) is 12.5 Å². The fourth-order valence-electron chi connectivity index (χ4n) is 1.63. The molecule has 0 aliphatic carbocycles. The first-order chi connectivity index (χ1) is 8.72. The maximum atomic E-state index is 12.4. The molecule has 0 bridgehead atoms. The van der Waals surface area contributed by atoms with Crippen LogP contribution in [0.15, 0.2) is 12.7 Å². The Balaban J connectivity index is 4.71. The smallest absolute Gasteiger partial charge is 0.349 e. The van der Waals surface area contributed by atoms with Gasteiger partial charge in [0.25, 0.3) is 5.91 Å². The predicted molar refractivity (Wildman–Crippen MR) is 66.4 cm³/mol. The molecule has 0 saturated heterocycles. The Morgan fingerprint density at radius 3 is 2.37 bits per heavy atom. The lowest BCUT2D eigenvalue weighted by Gasteiger charge is -2.22. The quantitative estimate of drug-likeness (QED) is 0.422. The van der Waals surface area contributed by atoms with Crippen LogP contribution in [-0.2, 0) is 9.59 Å². The Kier molecular flexibility index (Phi) is 7.41. The number of hydrogen-bond donors (Lipinski definition) is 1. The third-order valence-corrected chi connectivity index (χ3v) is 2.98. The van der Waals surface area contributed by atoms with Gasteiger partial charge in [-0.1, -0.05) is 26.3 Å². The summed E-state index contributed by atoms with van der Waals surface area (Å²) in [6.07, 6.45) is -3.29. The summed E-state index contributed by atoms with van der Waals surface area (Å²) in [5.74, 6) is -3.74. The fraction of sp³-hybridized carbons (Fsp3) is 0.692. The number of amides is 1. The van der Waals surface area contributed by atoms with E-state index in [9.17, 15) is 22.8 Å². The molecule has 0 aromatic heterocycles. The van der Waals surface area contributed by atoms with Gasteiger partial charge in [0.2, 0.25) is 5.78 Å².